The lowest BCUT2D eigenvalue weighted by molar-refractivity contribution is -0.152. The van der Waals surface area contributed by atoms with Crippen LogP contribution in [0, 0.1) is 23.2 Å². The van der Waals surface area contributed by atoms with Crippen molar-refractivity contribution in [3.8, 4) is 0 Å². The molecule has 5 aliphatic rings. The standard InChI is InChI=1S/C19H30N2O3/c1-24-17(22)19(4-2-3-5-19)12-20-18(23)21-11-15-7-13-6-14(8-15)10-16(21)9-13/h13-16H,2-12H2,1H3,(H,20,23)/t13-,14+,15?,16?. The predicted molar refractivity (Wildman–Crippen MR) is 90.4 cm³/mol. The summed E-state index contributed by atoms with van der Waals surface area (Å²) >= 11 is 0. The van der Waals surface area contributed by atoms with Gasteiger partial charge in [-0.2, -0.15) is 0 Å². The number of rotatable bonds is 3. The Balaban J connectivity index is 1.42. The topological polar surface area (TPSA) is 58.6 Å². The summed E-state index contributed by atoms with van der Waals surface area (Å²) in [5, 5.41) is 3.11. The Kier molecular flexibility index (Phi) is 4.21. The maximum Gasteiger partial charge on any atom is 0.317 e. The van der Waals surface area contributed by atoms with Gasteiger partial charge in [-0.15, -0.1) is 0 Å². The van der Waals surface area contributed by atoms with Crippen molar-refractivity contribution in [2.45, 2.75) is 63.8 Å². The van der Waals surface area contributed by atoms with Crippen molar-refractivity contribution in [2.75, 3.05) is 20.2 Å². The Morgan fingerprint density at radius 1 is 1.04 bits per heavy atom. The quantitative estimate of drug-likeness (QED) is 0.807. The van der Waals surface area contributed by atoms with E-state index in [1.54, 1.807) is 0 Å². The van der Waals surface area contributed by atoms with Crippen LogP contribution in [0.4, 0.5) is 4.79 Å². The van der Waals surface area contributed by atoms with E-state index >= 15 is 0 Å². The largest absolute Gasteiger partial charge is 0.469 e. The van der Waals surface area contributed by atoms with Gasteiger partial charge in [0, 0.05) is 19.1 Å². The van der Waals surface area contributed by atoms with Gasteiger partial charge in [-0.3, -0.25) is 4.79 Å². The summed E-state index contributed by atoms with van der Waals surface area (Å²) in [4.78, 5) is 27.2. The lowest BCUT2D eigenvalue weighted by Crippen LogP contribution is -2.51. The molecular weight excluding hydrogens is 304 g/mol. The van der Waals surface area contributed by atoms with Crippen LogP contribution in [-0.4, -0.2) is 43.1 Å². The molecule has 0 spiro atoms. The van der Waals surface area contributed by atoms with Crippen LogP contribution in [0.1, 0.15) is 57.8 Å². The number of nitrogens with one attached hydrogen (secondary N) is 1. The van der Waals surface area contributed by atoms with Gasteiger partial charge in [-0.05, 0) is 62.7 Å². The molecule has 3 saturated carbocycles. The van der Waals surface area contributed by atoms with Crippen molar-refractivity contribution in [2.24, 2.45) is 23.2 Å². The average Bonchev–Trinajstić information content (AvgIpc) is 2.97. The van der Waals surface area contributed by atoms with E-state index in [-0.39, 0.29) is 12.0 Å². The zero-order valence-electron chi connectivity index (χ0n) is 14.8. The van der Waals surface area contributed by atoms with E-state index < -0.39 is 5.41 Å². The smallest absolute Gasteiger partial charge is 0.317 e. The molecule has 2 saturated heterocycles. The molecule has 5 nitrogen and oxygen atoms in total. The van der Waals surface area contributed by atoms with Crippen LogP contribution >= 0.6 is 0 Å². The van der Waals surface area contributed by atoms with Crippen molar-refractivity contribution < 1.29 is 14.3 Å². The van der Waals surface area contributed by atoms with Crippen LogP contribution in [0.25, 0.3) is 0 Å². The number of esters is 1. The normalized spacial score (nSPS) is 36.5. The number of methoxy groups -OCH3 is 1. The van der Waals surface area contributed by atoms with Gasteiger partial charge in [0.1, 0.15) is 0 Å². The number of nitrogens with zero attached hydrogens (tertiary/aromatic N) is 1. The van der Waals surface area contributed by atoms with Gasteiger partial charge in [0.15, 0.2) is 0 Å². The summed E-state index contributed by atoms with van der Waals surface area (Å²) in [6.45, 7) is 1.34. The fourth-order valence-electron chi connectivity index (χ4n) is 6.10. The summed E-state index contributed by atoms with van der Waals surface area (Å²) in [5.74, 6) is 2.20. The third-order valence-electron chi connectivity index (χ3n) is 7.12. The zero-order valence-corrected chi connectivity index (χ0v) is 14.8. The molecule has 0 aromatic rings. The van der Waals surface area contributed by atoms with E-state index in [1.165, 1.54) is 39.2 Å². The fraction of sp³-hybridized carbons (Fsp3) is 0.895. The monoisotopic (exact) mass is 334 g/mol. The van der Waals surface area contributed by atoms with Gasteiger partial charge >= 0.3 is 12.0 Å². The molecule has 5 fully saturated rings. The third kappa shape index (κ3) is 2.80. The zero-order chi connectivity index (χ0) is 16.7. The molecule has 4 atom stereocenters. The number of ether oxygens (including phenoxy) is 1. The Bertz CT molecular complexity index is 501. The molecule has 2 amide bonds. The molecule has 0 aromatic heterocycles. The molecule has 2 aliphatic heterocycles. The van der Waals surface area contributed by atoms with Crippen LogP contribution in [0.2, 0.25) is 0 Å². The van der Waals surface area contributed by atoms with E-state index in [4.69, 9.17) is 4.74 Å². The summed E-state index contributed by atoms with van der Waals surface area (Å²) in [7, 11) is 1.45. The molecule has 2 heterocycles. The molecule has 0 aromatic carbocycles. The highest BCUT2D eigenvalue weighted by atomic mass is 16.5. The number of carbonyl (C=O) groups excluding carboxylic acids is 2. The first-order chi connectivity index (χ1) is 11.6. The SMILES string of the molecule is COC(=O)C1(CNC(=O)N2CC3C[C@@H]4CC2C[C@H](C3)C4)CCCC1. The van der Waals surface area contributed by atoms with E-state index in [9.17, 15) is 9.59 Å². The first kappa shape index (κ1) is 16.2. The van der Waals surface area contributed by atoms with E-state index in [1.807, 2.05) is 0 Å². The lowest BCUT2D eigenvalue weighted by Gasteiger charge is -2.39. The molecule has 5 heteroatoms. The molecule has 0 radical (unpaired) electrons. The molecule has 5 rings (SSSR count). The van der Waals surface area contributed by atoms with Crippen molar-refractivity contribution in [1.29, 1.82) is 0 Å². The summed E-state index contributed by atoms with van der Waals surface area (Å²) in [6, 6.07) is 0.460. The molecular formula is C19H30N2O3. The Morgan fingerprint density at radius 2 is 1.67 bits per heavy atom. The van der Waals surface area contributed by atoms with E-state index in [2.05, 4.69) is 10.2 Å². The molecule has 1 N–H and O–H groups in total. The number of carbonyl (C=O) groups is 2. The summed E-state index contributed by atoms with van der Waals surface area (Å²) in [5.41, 5.74) is -0.493. The third-order valence-corrected chi connectivity index (χ3v) is 7.12. The molecule has 134 valence electrons. The average molecular weight is 334 g/mol. The maximum atomic E-state index is 12.9. The van der Waals surface area contributed by atoms with Crippen molar-refractivity contribution in [3.05, 3.63) is 0 Å². The first-order valence-corrected chi connectivity index (χ1v) is 9.72. The van der Waals surface area contributed by atoms with Crippen LogP contribution < -0.4 is 5.32 Å². The second-order valence-corrected chi connectivity index (χ2v) is 8.72. The number of fused-ring (bicyclic) bond motifs is 1. The maximum absolute atomic E-state index is 12.9. The van der Waals surface area contributed by atoms with Crippen molar-refractivity contribution >= 4 is 12.0 Å². The second kappa shape index (κ2) is 6.23. The van der Waals surface area contributed by atoms with Gasteiger partial charge < -0.3 is 15.0 Å². The minimum atomic E-state index is -0.493. The van der Waals surface area contributed by atoms with Crippen LogP contribution in [0.5, 0.6) is 0 Å². The van der Waals surface area contributed by atoms with Crippen molar-refractivity contribution in [1.82, 2.24) is 10.2 Å². The number of hydrogen-bond acceptors (Lipinski definition) is 3. The van der Waals surface area contributed by atoms with Crippen LogP contribution in [0.3, 0.4) is 0 Å². The van der Waals surface area contributed by atoms with E-state index in [0.29, 0.717) is 18.5 Å². The molecule has 3 aliphatic carbocycles. The summed E-state index contributed by atoms with van der Waals surface area (Å²) in [6.07, 6.45) is 10.1. The predicted octanol–water partition coefficient (Wildman–Crippen LogP) is 2.94. The number of urea groups is 1. The van der Waals surface area contributed by atoms with Crippen LogP contribution in [-0.2, 0) is 9.53 Å². The highest BCUT2D eigenvalue weighted by molar-refractivity contribution is 5.80. The second-order valence-electron chi connectivity index (χ2n) is 8.72. The van der Waals surface area contributed by atoms with E-state index in [0.717, 1.165) is 44.1 Å². The van der Waals surface area contributed by atoms with Gasteiger partial charge in [0.2, 0.25) is 0 Å². The molecule has 4 bridgehead atoms. The van der Waals surface area contributed by atoms with Crippen LogP contribution in [0.15, 0.2) is 0 Å². The molecule has 2 unspecified atom stereocenters. The van der Waals surface area contributed by atoms with Gasteiger partial charge in [0.05, 0.1) is 12.5 Å². The van der Waals surface area contributed by atoms with Gasteiger partial charge in [0.25, 0.3) is 0 Å². The minimum Gasteiger partial charge on any atom is -0.469 e. The van der Waals surface area contributed by atoms with Crippen molar-refractivity contribution in [3.63, 3.8) is 0 Å². The number of hydrogen-bond donors (Lipinski definition) is 1. The fourth-order valence-corrected chi connectivity index (χ4v) is 6.10. The Hall–Kier alpha value is -1.26. The first-order valence-electron chi connectivity index (χ1n) is 9.72. The lowest BCUT2D eigenvalue weighted by atomic mass is 9.68. The minimum absolute atomic E-state index is 0.0448. The number of amides is 2. The van der Waals surface area contributed by atoms with Gasteiger partial charge in [-0.1, -0.05) is 12.8 Å². The molecule has 24 heavy (non-hydrogen) atoms. The highest BCUT2D eigenvalue weighted by Crippen LogP contribution is 2.47. The Labute approximate surface area is 144 Å². The summed E-state index contributed by atoms with van der Waals surface area (Å²) < 4.78 is 5.02. The highest BCUT2D eigenvalue weighted by Gasteiger charge is 2.46. The Morgan fingerprint density at radius 3 is 2.29 bits per heavy atom. The van der Waals surface area contributed by atoms with Gasteiger partial charge in [-0.25, -0.2) is 4.79 Å².